The van der Waals surface area contributed by atoms with Crippen molar-refractivity contribution >= 4 is 56.8 Å². The Morgan fingerprint density at radius 1 is 0.944 bits per heavy atom. The number of para-hydroxylation sites is 2. The summed E-state index contributed by atoms with van der Waals surface area (Å²) in [7, 11) is 0. The number of H-pyrrole nitrogens is 1. The lowest BCUT2D eigenvalue weighted by Gasteiger charge is -2.18. The second kappa shape index (κ2) is 9.27. The van der Waals surface area contributed by atoms with Gasteiger partial charge in [-0.15, -0.1) is 0 Å². The first-order chi connectivity index (χ1) is 17.1. The van der Waals surface area contributed by atoms with Gasteiger partial charge in [0.15, 0.2) is 5.16 Å². The van der Waals surface area contributed by atoms with Crippen LogP contribution in [0.3, 0.4) is 0 Å². The fourth-order valence-electron chi connectivity index (χ4n) is 3.78. The highest BCUT2D eigenvalue weighted by molar-refractivity contribution is 7.98. The van der Waals surface area contributed by atoms with Crippen molar-refractivity contribution in [2.24, 2.45) is 0 Å². The highest BCUT2D eigenvalue weighted by Gasteiger charge is 2.34. The number of aromatic nitrogens is 4. The molecule has 36 heavy (non-hydrogen) atoms. The standard InChI is InChI=1S/C24H13Cl2F3N4O2S/c25-12-9-14-20(16(26)10-12)31-19(11-36-23-30-17-7-3-1-5-13(17)21(34)32-23)33(22(14)35)18-8-4-2-6-15(18)24(27,28)29/h1-10H,11H2,(H,30,32,34). The Morgan fingerprint density at radius 2 is 1.67 bits per heavy atom. The van der Waals surface area contributed by atoms with E-state index in [9.17, 15) is 22.8 Å². The molecule has 0 saturated heterocycles. The first-order valence-electron chi connectivity index (χ1n) is 10.3. The van der Waals surface area contributed by atoms with Gasteiger partial charge in [-0.05, 0) is 36.4 Å². The smallest absolute Gasteiger partial charge is 0.301 e. The Morgan fingerprint density at radius 3 is 2.44 bits per heavy atom. The van der Waals surface area contributed by atoms with Gasteiger partial charge in [-0.3, -0.25) is 14.2 Å². The number of hydrogen-bond donors (Lipinski definition) is 1. The maximum absolute atomic E-state index is 13.9. The van der Waals surface area contributed by atoms with Gasteiger partial charge in [0.25, 0.3) is 11.1 Å². The Bertz CT molecular complexity index is 1770. The van der Waals surface area contributed by atoms with Gasteiger partial charge in [0, 0.05) is 5.02 Å². The molecule has 1 N–H and O–H groups in total. The van der Waals surface area contributed by atoms with Crippen LogP contribution in [0.25, 0.3) is 27.5 Å². The monoisotopic (exact) mass is 548 g/mol. The molecule has 3 aromatic carbocycles. The third-order valence-electron chi connectivity index (χ3n) is 5.34. The number of benzene rings is 3. The zero-order chi connectivity index (χ0) is 25.6. The van der Waals surface area contributed by atoms with Crippen molar-refractivity contribution in [3.05, 3.63) is 103 Å². The lowest BCUT2D eigenvalue weighted by Crippen LogP contribution is -2.26. The summed E-state index contributed by atoms with van der Waals surface area (Å²) in [5.74, 6) is -0.119. The molecular weight excluding hydrogens is 536 g/mol. The number of nitrogens with one attached hydrogen (secondary N) is 1. The highest BCUT2D eigenvalue weighted by atomic mass is 35.5. The Kier molecular flexibility index (Phi) is 6.27. The van der Waals surface area contributed by atoms with Gasteiger partial charge in [0.2, 0.25) is 0 Å². The van der Waals surface area contributed by atoms with Crippen LogP contribution in [-0.2, 0) is 11.9 Å². The van der Waals surface area contributed by atoms with Crippen LogP contribution in [0.15, 0.2) is 75.4 Å². The van der Waals surface area contributed by atoms with E-state index in [0.717, 1.165) is 22.4 Å². The second-order valence-corrected chi connectivity index (χ2v) is 9.45. The molecule has 0 fully saturated rings. The number of hydrogen-bond acceptors (Lipinski definition) is 5. The van der Waals surface area contributed by atoms with Crippen molar-refractivity contribution in [3.63, 3.8) is 0 Å². The topological polar surface area (TPSA) is 80.6 Å². The second-order valence-electron chi connectivity index (χ2n) is 7.64. The van der Waals surface area contributed by atoms with Gasteiger partial charge in [0.1, 0.15) is 5.82 Å². The van der Waals surface area contributed by atoms with Crippen LogP contribution in [0.5, 0.6) is 0 Å². The van der Waals surface area contributed by atoms with Crippen LogP contribution in [-0.4, -0.2) is 19.5 Å². The van der Waals surface area contributed by atoms with E-state index < -0.39 is 23.0 Å². The molecule has 6 nitrogen and oxygen atoms in total. The van der Waals surface area contributed by atoms with Crippen molar-refractivity contribution in [2.45, 2.75) is 17.1 Å². The van der Waals surface area contributed by atoms with Gasteiger partial charge in [-0.25, -0.2) is 9.97 Å². The van der Waals surface area contributed by atoms with E-state index in [1.54, 1.807) is 24.3 Å². The number of rotatable bonds is 4. The molecule has 0 aliphatic heterocycles. The number of nitrogens with zero attached hydrogens (tertiary/aromatic N) is 3. The first-order valence-corrected chi connectivity index (χ1v) is 12.1. The van der Waals surface area contributed by atoms with Gasteiger partial charge in [-0.1, -0.05) is 59.2 Å². The molecule has 0 saturated carbocycles. The summed E-state index contributed by atoms with van der Waals surface area (Å²) in [4.78, 5) is 37.4. The normalized spacial score (nSPS) is 11.9. The number of thioether (sulfide) groups is 1. The third-order valence-corrected chi connectivity index (χ3v) is 6.72. The van der Waals surface area contributed by atoms with E-state index in [1.807, 2.05) is 0 Å². The third kappa shape index (κ3) is 4.47. The minimum atomic E-state index is -4.73. The van der Waals surface area contributed by atoms with Crippen LogP contribution in [0.2, 0.25) is 10.0 Å². The van der Waals surface area contributed by atoms with E-state index in [1.165, 1.54) is 30.3 Å². The number of aromatic amines is 1. The summed E-state index contributed by atoms with van der Waals surface area (Å²) in [6.07, 6.45) is -4.73. The van der Waals surface area contributed by atoms with Crippen molar-refractivity contribution in [1.29, 1.82) is 0 Å². The summed E-state index contributed by atoms with van der Waals surface area (Å²) in [6.45, 7) is 0. The summed E-state index contributed by atoms with van der Waals surface area (Å²) >= 11 is 13.3. The molecular formula is C24H13Cl2F3N4O2S. The van der Waals surface area contributed by atoms with Crippen LogP contribution in [0.4, 0.5) is 13.2 Å². The van der Waals surface area contributed by atoms with Crippen LogP contribution in [0, 0.1) is 0 Å². The Labute approximate surface area is 214 Å². The Hall–Kier alpha value is -3.34. The van der Waals surface area contributed by atoms with Crippen LogP contribution in [0.1, 0.15) is 11.4 Å². The molecule has 5 aromatic rings. The van der Waals surface area contributed by atoms with Gasteiger partial charge >= 0.3 is 6.18 Å². The van der Waals surface area contributed by atoms with Crippen LogP contribution < -0.4 is 11.1 Å². The number of halogens is 5. The molecule has 0 aliphatic carbocycles. The van der Waals surface area contributed by atoms with E-state index in [2.05, 4.69) is 15.0 Å². The van der Waals surface area contributed by atoms with Gasteiger partial charge in [-0.2, -0.15) is 13.2 Å². The molecule has 0 radical (unpaired) electrons. The zero-order valence-corrected chi connectivity index (χ0v) is 20.3. The SMILES string of the molecule is O=c1[nH]c(SCc2nc3c(Cl)cc(Cl)cc3c(=O)n2-c2ccccc2C(F)(F)F)nc2ccccc12. The summed E-state index contributed by atoms with van der Waals surface area (Å²) in [5, 5.41) is 0.795. The van der Waals surface area contributed by atoms with E-state index >= 15 is 0 Å². The first kappa shape index (κ1) is 24.4. The summed E-state index contributed by atoms with van der Waals surface area (Å²) in [5.41, 5.74) is -1.99. The molecule has 12 heteroatoms. The number of alkyl halides is 3. The predicted octanol–water partition coefficient (Wildman–Crippen LogP) is 6.24. The molecule has 5 rings (SSSR count). The van der Waals surface area contributed by atoms with Crippen molar-refractivity contribution < 1.29 is 13.2 Å². The average Bonchev–Trinajstić information content (AvgIpc) is 2.83. The van der Waals surface area contributed by atoms with Gasteiger partial charge in [0.05, 0.1) is 43.8 Å². The molecule has 0 aliphatic rings. The molecule has 182 valence electrons. The summed E-state index contributed by atoms with van der Waals surface area (Å²) in [6, 6.07) is 14.1. The lowest BCUT2D eigenvalue weighted by molar-refractivity contribution is -0.137. The quantitative estimate of drug-likeness (QED) is 0.212. The van der Waals surface area contributed by atoms with Crippen molar-refractivity contribution in [1.82, 2.24) is 19.5 Å². The van der Waals surface area contributed by atoms with E-state index in [0.29, 0.717) is 10.9 Å². The van der Waals surface area contributed by atoms with E-state index in [4.69, 9.17) is 23.2 Å². The minimum absolute atomic E-state index is 0.0192. The Balaban J connectivity index is 1.71. The summed E-state index contributed by atoms with van der Waals surface area (Å²) < 4.78 is 42.4. The fourth-order valence-corrected chi connectivity index (χ4v) is 5.10. The molecule has 0 bridgehead atoms. The maximum Gasteiger partial charge on any atom is 0.418 e. The molecule has 0 atom stereocenters. The molecule has 2 aromatic heterocycles. The van der Waals surface area contributed by atoms with Crippen LogP contribution >= 0.6 is 35.0 Å². The molecule has 0 spiro atoms. The highest BCUT2D eigenvalue weighted by Crippen LogP contribution is 2.35. The maximum atomic E-state index is 13.9. The zero-order valence-electron chi connectivity index (χ0n) is 17.9. The van der Waals surface area contributed by atoms with E-state index in [-0.39, 0.29) is 43.2 Å². The predicted molar refractivity (Wildman–Crippen MR) is 134 cm³/mol. The average molecular weight is 549 g/mol. The molecule has 2 heterocycles. The van der Waals surface area contributed by atoms with Crippen molar-refractivity contribution in [2.75, 3.05) is 0 Å². The molecule has 0 amide bonds. The van der Waals surface area contributed by atoms with Crippen molar-refractivity contribution in [3.8, 4) is 5.69 Å². The lowest BCUT2D eigenvalue weighted by atomic mass is 10.1. The minimum Gasteiger partial charge on any atom is -0.301 e. The molecule has 0 unspecified atom stereocenters. The number of fused-ring (bicyclic) bond motifs is 2. The van der Waals surface area contributed by atoms with Gasteiger partial charge < -0.3 is 4.98 Å². The fraction of sp³-hybridized carbons (Fsp3) is 0.0833. The largest absolute Gasteiger partial charge is 0.418 e.